The van der Waals surface area contributed by atoms with E-state index in [0.717, 1.165) is 11.4 Å². The van der Waals surface area contributed by atoms with Crippen LogP contribution in [0.4, 0.5) is 26.3 Å². The normalized spacial score (nSPS) is 14.9. The van der Waals surface area contributed by atoms with Crippen LogP contribution in [-0.4, -0.2) is 79.8 Å². The first-order valence-corrected chi connectivity index (χ1v) is 10.4. The summed E-state index contributed by atoms with van der Waals surface area (Å²) < 4.78 is 70.9. The van der Waals surface area contributed by atoms with Crippen molar-refractivity contribution in [2.75, 3.05) is 19.8 Å². The van der Waals surface area contributed by atoms with E-state index in [0.29, 0.717) is 32.7 Å². The van der Waals surface area contributed by atoms with Crippen molar-refractivity contribution >= 4 is 17.8 Å². The van der Waals surface area contributed by atoms with Crippen molar-refractivity contribution in [3.63, 3.8) is 0 Å². The van der Waals surface area contributed by atoms with E-state index in [9.17, 15) is 31.1 Å². The molecule has 0 spiro atoms. The summed E-state index contributed by atoms with van der Waals surface area (Å²) in [6.07, 6.45) is -6.22. The van der Waals surface area contributed by atoms with Crippen LogP contribution in [0.3, 0.4) is 0 Å². The van der Waals surface area contributed by atoms with Gasteiger partial charge in [0.2, 0.25) is 5.91 Å². The number of carbonyl (C=O) groups excluding carboxylic acids is 1. The zero-order chi connectivity index (χ0) is 28.4. The average Bonchev–Trinajstić information content (AvgIpc) is 3.18. The molecular formula is C21H24F6N4O6. The highest BCUT2D eigenvalue weighted by molar-refractivity contribution is 5.78. The van der Waals surface area contributed by atoms with Gasteiger partial charge in [-0.25, -0.2) is 9.59 Å². The molecule has 1 aliphatic heterocycles. The summed E-state index contributed by atoms with van der Waals surface area (Å²) in [5.41, 5.74) is 3.09. The lowest BCUT2D eigenvalue weighted by atomic mass is 9.95. The molecule has 3 rings (SSSR count). The van der Waals surface area contributed by atoms with Gasteiger partial charge in [-0.3, -0.25) is 14.5 Å². The van der Waals surface area contributed by atoms with Crippen molar-refractivity contribution in [3.8, 4) is 0 Å². The molecule has 3 heterocycles. The number of hydrogen-bond acceptors (Lipinski definition) is 6. The minimum atomic E-state index is -5.08. The second-order valence-corrected chi connectivity index (χ2v) is 7.40. The molecule has 0 fully saturated rings. The van der Waals surface area contributed by atoms with Gasteiger partial charge < -0.3 is 19.8 Å². The van der Waals surface area contributed by atoms with E-state index in [2.05, 4.69) is 10.1 Å². The fourth-order valence-electron chi connectivity index (χ4n) is 2.99. The number of aryl methyl sites for hydroxylation is 1. The molecule has 16 heteroatoms. The topological polar surface area (TPSA) is 135 Å². The lowest BCUT2D eigenvalue weighted by molar-refractivity contribution is -0.193. The van der Waals surface area contributed by atoms with Gasteiger partial charge in [-0.05, 0) is 19.1 Å². The van der Waals surface area contributed by atoms with Crippen LogP contribution >= 0.6 is 0 Å². The Kier molecular flexibility index (Phi) is 11.5. The van der Waals surface area contributed by atoms with Crippen LogP contribution in [0.5, 0.6) is 0 Å². The van der Waals surface area contributed by atoms with E-state index < -0.39 is 24.3 Å². The molecular weight excluding hydrogens is 518 g/mol. The number of aromatic nitrogens is 3. The summed E-state index contributed by atoms with van der Waals surface area (Å²) >= 11 is 0. The maximum atomic E-state index is 12.6. The number of carboxylic acids is 2. The van der Waals surface area contributed by atoms with Crippen molar-refractivity contribution in [2.24, 2.45) is 7.05 Å². The highest BCUT2D eigenvalue weighted by Gasteiger charge is 2.39. The smallest absolute Gasteiger partial charge is 0.475 e. The molecule has 0 saturated carbocycles. The number of rotatable bonds is 5. The molecule has 1 atom stereocenters. The van der Waals surface area contributed by atoms with Gasteiger partial charge in [-0.1, -0.05) is 6.07 Å². The van der Waals surface area contributed by atoms with Gasteiger partial charge in [-0.2, -0.15) is 31.4 Å². The van der Waals surface area contributed by atoms with Crippen molar-refractivity contribution in [3.05, 3.63) is 47.5 Å². The Hall–Kier alpha value is -3.69. The maximum Gasteiger partial charge on any atom is 0.490 e. The third-order valence-electron chi connectivity index (χ3n) is 4.73. The molecule has 2 aromatic rings. The van der Waals surface area contributed by atoms with Crippen LogP contribution in [0.1, 0.15) is 29.8 Å². The van der Waals surface area contributed by atoms with Gasteiger partial charge in [0.1, 0.15) is 0 Å². The Morgan fingerprint density at radius 2 is 1.65 bits per heavy atom. The van der Waals surface area contributed by atoms with E-state index in [4.69, 9.17) is 24.5 Å². The Bertz CT molecular complexity index is 1020. The van der Waals surface area contributed by atoms with Gasteiger partial charge >= 0.3 is 24.3 Å². The zero-order valence-corrected chi connectivity index (χ0v) is 19.6. The molecule has 1 amide bonds. The Morgan fingerprint density at radius 1 is 1.08 bits per heavy atom. The summed E-state index contributed by atoms with van der Waals surface area (Å²) in [4.78, 5) is 36.6. The lowest BCUT2D eigenvalue weighted by Crippen LogP contribution is -2.40. The first-order valence-electron chi connectivity index (χ1n) is 10.4. The Morgan fingerprint density at radius 3 is 2.11 bits per heavy atom. The second-order valence-electron chi connectivity index (χ2n) is 7.40. The van der Waals surface area contributed by atoms with Gasteiger partial charge in [0.25, 0.3) is 0 Å². The molecule has 2 aromatic heterocycles. The maximum absolute atomic E-state index is 12.6. The molecule has 1 unspecified atom stereocenters. The van der Waals surface area contributed by atoms with Crippen LogP contribution in [0.2, 0.25) is 0 Å². The fourth-order valence-corrected chi connectivity index (χ4v) is 2.99. The summed E-state index contributed by atoms with van der Waals surface area (Å²) in [6.45, 7) is 4.54. The molecule has 206 valence electrons. The standard InChI is InChI=1S/C17H22N4O2.2C2HF3O2/c1-3-23-12-13-10-21(11-16-15(13)9-19-20(16)2)17(22)8-14-6-4-5-7-18-14;2*3-2(4,5)1(6)7/h4-7,9,13H,3,8,10-12H2,1-2H3;2*(H,6,7). The summed E-state index contributed by atoms with van der Waals surface area (Å²) in [5, 5.41) is 18.6. The number of hydrogen-bond donors (Lipinski definition) is 2. The van der Waals surface area contributed by atoms with Crippen molar-refractivity contribution in [1.82, 2.24) is 19.7 Å². The van der Waals surface area contributed by atoms with E-state index in [1.807, 2.05) is 47.9 Å². The summed E-state index contributed by atoms with van der Waals surface area (Å²) in [6, 6.07) is 5.65. The van der Waals surface area contributed by atoms with Crippen molar-refractivity contribution in [2.45, 2.75) is 38.2 Å². The first kappa shape index (κ1) is 31.3. The molecule has 1 aliphatic rings. The number of fused-ring (bicyclic) bond motifs is 1. The monoisotopic (exact) mass is 542 g/mol. The molecule has 2 N–H and O–H groups in total. The number of ether oxygens (including phenoxy) is 1. The third kappa shape index (κ3) is 10.4. The van der Waals surface area contributed by atoms with E-state index in [1.165, 1.54) is 5.56 Å². The Balaban J connectivity index is 0.000000404. The molecule has 0 aliphatic carbocycles. The van der Waals surface area contributed by atoms with E-state index in [1.54, 1.807) is 6.20 Å². The van der Waals surface area contributed by atoms with Gasteiger partial charge in [0.05, 0.1) is 31.5 Å². The van der Waals surface area contributed by atoms with Crippen LogP contribution in [0.15, 0.2) is 30.6 Å². The molecule has 0 bridgehead atoms. The predicted molar refractivity (Wildman–Crippen MR) is 113 cm³/mol. The second kappa shape index (κ2) is 13.6. The van der Waals surface area contributed by atoms with Crippen LogP contribution in [0, 0.1) is 0 Å². The highest BCUT2D eigenvalue weighted by atomic mass is 19.4. The van der Waals surface area contributed by atoms with E-state index >= 15 is 0 Å². The van der Waals surface area contributed by atoms with Gasteiger partial charge in [0, 0.05) is 43.6 Å². The molecule has 0 saturated heterocycles. The minimum Gasteiger partial charge on any atom is -0.475 e. The number of carboxylic acid groups (broad SMARTS) is 2. The average molecular weight is 542 g/mol. The molecule has 0 aromatic carbocycles. The molecule has 0 radical (unpaired) electrons. The highest BCUT2D eigenvalue weighted by Crippen LogP contribution is 2.28. The number of carbonyl (C=O) groups is 3. The lowest BCUT2D eigenvalue weighted by Gasteiger charge is -2.33. The largest absolute Gasteiger partial charge is 0.490 e. The fraction of sp³-hybridized carbons (Fsp3) is 0.476. The quantitative estimate of drug-likeness (QED) is 0.551. The number of amides is 1. The summed E-state index contributed by atoms with van der Waals surface area (Å²) in [5.74, 6) is -5.24. The zero-order valence-electron chi connectivity index (χ0n) is 19.6. The molecule has 10 nitrogen and oxygen atoms in total. The third-order valence-corrected chi connectivity index (χ3v) is 4.73. The predicted octanol–water partition coefficient (Wildman–Crippen LogP) is 2.79. The van der Waals surface area contributed by atoms with Crippen LogP contribution < -0.4 is 0 Å². The van der Waals surface area contributed by atoms with Crippen molar-refractivity contribution < 1.29 is 55.7 Å². The molecule has 37 heavy (non-hydrogen) atoms. The van der Waals surface area contributed by atoms with Crippen LogP contribution in [-0.2, 0) is 39.1 Å². The first-order chi connectivity index (χ1) is 17.1. The Labute approximate surface area is 206 Å². The van der Waals surface area contributed by atoms with Crippen LogP contribution in [0.25, 0.3) is 0 Å². The summed E-state index contributed by atoms with van der Waals surface area (Å²) in [7, 11) is 1.92. The SMILES string of the molecule is CCOCC1CN(C(=O)Cc2ccccn2)Cc2c1cnn2C.O=C(O)C(F)(F)F.O=C(O)C(F)(F)F. The number of halogens is 6. The van der Waals surface area contributed by atoms with E-state index in [-0.39, 0.29) is 11.8 Å². The van der Waals surface area contributed by atoms with Gasteiger partial charge in [-0.15, -0.1) is 0 Å². The van der Waals surface area contributed by atoms with Gasteiger partial charge in [0.15, 0.2) is 0 Å². The number of pyridine rings is 1. The minimum absolute atomic E-state index is 0.0945. The number of alkyl halides is 6. The number of nitrogens with zero attached hydrogens (tertiary/aromatic N) is 4. The number of aliphatic carboxylic acids is 2. The van der Waals surface area contributed by atoms with Crippen molar-refractivity contribution in [1.29, 1.82) is 0 Å².